The first kappa shape index (κ1) is 22.3. The molecule has 6 heteroatoms. The minimum atomic E-state index is -0.141. The Morgan fingerprint density at radius 2 is 1.65 bits per heavy atom. The molecule has 3 aromatic rings. The van der Waals surface area contributed by atoms with E-state index < -0.39 is 0 Å². The Bertz CT molecular complexity index is 994. The Labute approximate surface area is 183 Å². The zero-order chi connectivity index (χ0) is 22.1. The predicted octanol–water partition coefficient (Wildman–Crippen LogP) is 3.95. The van der Waals surface area contributed by atoms with E-state index in [4.69, 9.17) is 0 Å². The second-order valence-corrected chi connectivity index (χ2v) is 7.49. The van der Waals surface area contributed by atoms with Crippen molar-refractivity contribution in [3.8, 4) is 0 Å². The molecule has 0 aliphatic carbocycles. The number of benzene rings is 2. The second-order valence-electron chi connectivity index (χ2n) is 7.49. The third-order valence-electron chi connectivity index (χ3n) is 5.19. The van der Waals surface area contributed by atoms with Gasteiger partial charge in [-0.15, -0.1) is 0 Å². The predicted molar refractivity (Wildman–Crippen MR) is 122 cm³/mol. The summed E-state index contributed by atoms with van der Waals surface area (Å²) in [4.78, 5) is 24.9. The highest BCUT2D eigenvalue weighted by atomic mass is 16.2. The molecule has 162 valence electrons. The van der Waals surface area contributed by atoms with Crippen LogP contribution in [0.15, 0.2) is 60.8 Å². The fraction of sp³-hybridized carbons (Fsp3) is 0.320. The Kier molecular flexibility index (Phi) is 7.98. The molecule has 31 heavy (non-hydrogen) atoms. The number of hydrogen-bond donors (Lipinski definition) is 2. The smallest absolute Gasteiger partial charge is 0.255 e. The maximum Gasteiger partial charge on any atom is 0.255 e. The Morgan fingerprint density at radius 1 is 0.903 bits per heavy atom. The van der Waals surface area contributed by atoms with Crippen molar-refractivity contribution in [3.05, 3.63) is 88.7 Å². The van der Waals surface area contributed by atoms with E-state index in [-0.39, 0.29) is 11.8 Å². The quantitative estimate of drug-likeness (QED) is 0.490. The van der Waals surface area contributed by atoms with Crippen molar-refractivity contribution in [2.45, 2.75) is 46.2 Å². The maximum atomic E-state index is 12.8. The van der Waals surface area contributed by atoms with Crippen LogP contribution in [0.25, 0.3) is 0 Å². The molecule has 6 nitrogen and oxygen atoms in total. The van der Waals surface area contributed by atoms with Crippen molar-refractivity contribution in [3.63, 3.8) is 0 Å². The van der Waals surface area contributed by atoms with Gasteiger partial charge in [0, 0.05) is 18.7 Å². The molecule has 0 saturated heterocycles. The number of nitrogens with one attached hydrogen (secondary N) is 2. The largest absolute Gasteiger partial charge is 0.352 e. The van der Waals surface area contributed by atoms with Crippen LogP contribution in [0.4, 0.5) is 0 Å². The van der Waals surface area contributed by atoms with Crippen LogP contribution < -0.4 is 10.6 Å². The molecule has 3 rings (SSSR count). The topological polar surface area (TPSA) is 76.0 Å². The summed E-state index contributed by atoms with van der Waals surface area (Å²) in [6.07, 6.45) is 4.37. The van der Waals surface area contributed by atoms with E-state index >= 15 is 0 Å². The minimum absolute atomic E-state index is 0.0672. The second kappa shape index (κ2) is 11.1. The first-order valence-corrected chi connectivity index (χ1v) is 10.9. The van der Waals surface area contributed by atoms with Crippen LogP contribution in [0.2, 0.25) is 0 Å². The van der Waals surface area contributed by atoms with Crippen LogP contribution >= 0.6 is 0 Å². The van der Waals surface area contributed by atoms with Crippen LogP contribution in [0.5, 0.6) is 0 Å². The standard InChI is InChI=1S/C25H30N4O2/c1-3-5-15-26-24(30)21-13-11-19(12-14-21)16-27-25(31)22-17-28-29(23(22)4-2)18-20-9-7-6-8-10-20/h6-14,17H,3-5,15-16,18H2,1-2H3,(H,26,30)(H,27,31). The average Bonchev–Trinajstić information content (AvgIpc) is 3.21. The van der Waals surface area contributed by atoms with Crippen molar-refractivity contribution in [1.29, 1.82) is 0 Å². The SMILES string of the molecule is CCCCNC(=O)c1ccc(CNC(=O)c2cnn(Cc3ccccc3)c2CC)cc1. The lowest BCUT2D eigenvalue weighted by Gasteiger charge is -2.09. The first-order valence-electron chi connectivity index (χ1n) is 10.9. The summed E-state index contributed by atoms with van der Waals surface area (Å²) in [5, 5.41) is 10.3. The zero-order valence-corrected chi connectivity index (χ0v) is 18.2. The van der Waals surface area contributed by atoms with E-state index in [1.54, 1.807) is 18.3 Å². The number of amides is 2. The molecule has 0 atom stereocenters. The maximum absolute atomic E-state index is 12.8. The van der Waals surface area contributed by atoms with E-state index in [0.29, 0.717) is 30.8 Å². The molecule has 2 N–H and O–H groups in total. The number of unbranched alkanes of at least 4 members (excludes halogenated alkanes) is 1. The summed E-state index contributed by atoms with van der Waals surface area (Å²) >= 11 is 0. The van der Waals surface area contributed by atoms with E-state index in [1.165, 1.54) is 0 Å². The summed E-state index contributed by atoms with van der Waals surface area (Å²) in [7, 11) is 0. The lowest BCUT2D eigenvalue weighted by Crippen LogP contribution is -2.25. The van der Waals surface area contributed by atoms with E-state index in [9.17, 15) is 9.59 Å². The lowest BCUT2D eigenvalue weighted by atomic mass is 10.1. The molecule has 0 aliphatic heterocycles. The monoisotopic (exact) mass is 418 g/mol. The summed E-state index contributed by atoms with van der Waals surface area (Å²) < 4.78 is 1.89. The number of aromatic nitrogens is 2. The van der Waals surface area contributed by atoms with Crippen molar-refractivity contribution in [1.82, 2.24) is 20.4 Å². The van der Waals surface area contributed by atoms with Gasteiger partial charge in [0.1, 0.15) is 0 Å². The molecule has 0 radical (unpaired) electrons. The number of nitrogens with zero attached hydrogens (tertiary/aromatic N) is 2. The van der Waals surface area contributed by atoms with Gasteiger partial charge in [0.05, 0.1) is 24.0 Å². The number of hydrogen-bond acceptors (Lipinski definition) is 3. The van der Waals surface area contributed by atoms with Crippen molar-refractivity contribution in [2.75, 3.05) is 6.54 Å². The Hall–Kier alpha value is -3.41. The van der Waals surface area contributed by atoms with E-state index in [0.717, 1.165) is 36.1 Å². The van der Waals surface area contributed by atoms with Crippen LogP contribution in [0.3, 0.4) is 0 Å². The molecular formula is C25H30N4O2. The van der Waals surface area contributed by atoms with Crippen LogP contribution in [0, 0.1) is 0 Å². The summed E-state index contributed by atoms with van der Waals surface area (Å²) in [6, 6.07) is 17.4. The molecule has 0 spiro atoms. The minimum Gasteiger partial charge on any atom is -0.352 e. The summed E-state index contributed by atoms with van der Waals surface area (Å²) in [6.45, 7) is 5.83. The summed E-state index contributed by atoms with van der Waals surface area (Å²) in [5.41, 5.74) is 4.23. The van der Waals surface area contributed by atoms with Gasteiger partial charge in [-0.25, -0.2) is 0 Å². The van der Waals surface area contributed by atoms with Gasteiger partial charge in [-0.2, -0.15) is 5.10 Å². The Morgan fingerprint density at radius 3 is 2.32 bits per heavy atom. The molecule has 0 bridgehead atoms. The van der Waals surface area contributed by atoms with Gasteiger partial charge in [-0.1, -0.05) is 62.7 Å². The number of rotatable bonds is 10. The first-order chi connectivity index (χ1) is 15.1. The molecule has 0 unspecified atom stereocenters. The molecule has 0 fully saturated rings. The van der Waals surface area contributed by atoms with Crippen molar-refractivity contribution < 1.29 is 9.59 Å². The van der Waals surface area contributed by atoms with Gasteiger partial charge in [-0.3, -0.25) is 14.3 Å². The van der Waals surface area contributed by atoms with E-state index in [2.05, 4.69) is 34.8 Å². The van der Waals surface area contributed by atoms with E-state index in [1.807, 2.05) is 41.9 Å². The molecule has 2 aromatic carbocycles. The third kappa shape index (κ3) is 6.04. The third-order valence-corrected chi connectivity index (χ3v) is 5.19. The summed E-state index contributed by atoms with van der Waals surface area (Å²) in [5.74, 6) is -0.208. The molecule has 1 heterocycles. The normalized spacial score (nSPS) is 10.6. The fourth-order valence-corrected chi connectivity index (χ4v) is 3.40. The van der Waals surface area contributed by atoms with Gasteiger partial charge >= 0.3 is 0 Å². The molecule has 1 aromatic heterocycles. The van der Waals surface area contributed by atoms with Crippen LogP contribution in [-0.4, -0.2) is 28.1 Å². The highest BCUT2D eigenvalue weighted by molar-refractivity contribution is 5.95. The average molecular weight is 419 g/mol. The van der Waals surface area contributed by atoms with Gasteiger partial charge < -0.3 is 10.6 Å². The molecule has 2 amide bonds. The highest BCUT2D eigenvalue weighted by Crippen LogP contribution is 2.13. The van der Waals surface area contributed by atoms with Crippen LogP contribution in [0.1, 0.15) is 64.2 Å². The Balaban J connectivity index is 1.59. The molecule has 0 saturated carbocycles. The number of carbonyl (C=O) groups is 2. The van der Waals surface area contributed by atoms with Crippen molar-refractivity contribution >= 4 is 11.8 Å². The van der Waals surface area contributed by atoms with Gasteiger partial charge in [-0.05, 0) is 36.1 Å². The molecule has 0 aliphatic rings. The lowest BCUT2D eigenvalue weighted by molar-refractivity contribution is 0.0942. The number of carbonyl (C=O) groups excluding carboxylic acids is 2. The highest BCUT2D eigenvalue weighted by Gasteiger charge is 2.16. The molecular weight excluding hydrogens is 388 g/mol. The van der Waals surface area contributed by atoms with Crippen LogP contribution in [-0.2, 0) is 19.5 Å². The fourth-order valence-electron chi connectivity index (χ4n) is 3.40. The van der Waals surface area contributed by atoms with Gasteiger partial charge in [0.25, 0.3) is 11.8 Å². The van der Waals surface area contributed by atoms with Gasteiger partial charge in [0.15, 0.2) is 0 Å². The van der Waals surface area contributed by atoms with Gasteiger partial charge in [0.2, 0.25) is 0 Å². The van der Waals surface area contributed by atoms with Crippen molar-refractivity contribution in [2.24, 2.45) is 0 Å². The zero-order valence-electron chi connectivity index (χ0n) is 18.2.